The first-order valence-electron chi connectivity index (χ1n) is 10.9. The SMILES string of the molecule is CC1Cc2cc(CCC3CC3)ccc2-c2cc(OC[C@@H]3COCCO3)cc(=O)n21. The fraction of sp³-hybridized carbons (Fsp3) is 0.542. The Hall–Kier alpha value is -2.11. The number of fused-ring (bicyclic) bond motifs is 3. The van der Waals surface area contributed by atoms with E-state index in [-0.39, 0.29) is 17.7 Å². The summed E-state index contributed by atoms with van der Waals surface area (Å²) in [5.74, 6) is 1.55. The van der Waals surface area contributed by atoms with Crippen molar-refractivity contribution in [2.75, 3.05) is 26.4 Å². The van der Waals surface area contributed by atoms with Gasteiger partial charge in [0.25, 0.3) is 5.56 Å². The van der Waals surface area contributed by atoms with Crippen LogP contribution in [-0.4, -0.2) is 37.1 Å². The van der Waals surface area contributed by atoms with Crippen molar-refractivity contribution in [2.45, 2.75) is 51.2 Å². The third kappa shape index (κ3) is 4.12. The second kappa shape index (κ2) is 7.96. The monoisotopic (exact) mass is 395 g/mol. The molecule has 0 radical (unpaired) electrons. The van der Waals surface area contributed by atoms with Crippen LogP contribution in [-0.2, 0) is 22.3 Å². The Morgan fingerprint density at radius 1 is 1.17 bits per heavy atom. The molecule has 1 unspecified atom stereocenters. The van der Waals surface area contributed by atoms with Gasteiger partial charge < -0.3 is 18.8 Å². The molecule has 1 aromatic heterocycles. The van der Waals surface area contributed by atoms with E-state index in [2.05, 4.69) is 25.1 Å². The van der Waals surface area contributed by atoms with Crippen LogP contribution in [0.3, 0.4) is 0 Å². The zero-order valence-electron chi connectivity index (χ0n) is 17.1. The van der Waals surface area contributed by atoms with Gasteiger partial charge >= 0.3 is 0 Å². The van der Waals surface area contributed by atoms with Gasteiger partial charge in [-0.3, -0.25) is 4.79 Å². The van der Waals surface area contributed by atoms with Gasteiger partial charge in [0.05, 0.1) is 25.5 Å². The van der Waals surface area contributed by atoms with Crippen LogP contribution in [0.25, 0.3) is 11.3 Å². The third-order valence-corrected chi connectivity index (χ3v) is 6.30. The number of pyridine rings is 1. The van der Waals surface area contributed by atoms with Crippen molar-refractivity contribution in [3.05, 3.63) is 51.8 Å². The van der Waals surface area contributed by atoms with E-state index in [1.165, 1.54) is 30.4 Å². The highest BCUT2D eigenvalue weighted by Crippen LogP contribution is 2.37. The normalized spacial score (nSPS) is 23.3. The van der Waals surface area contributed by atoms with E-state index in [4.69, 9.17) is 14.2 Å². The summed E-state index contributed by atoms with van der Waals surface area (Å²) in [6, 6.07) is 10.5. The lowest BCUT2D eigenvalue weighted by atomic mass is 9.90. The van der Waals surface area contributed by atoms with Crippen LogP contribution >= 0.6 is 0 Å². The lowest BCUT2D eigenvalue weighted by Gasteiger charge is -2.28. The Labute approximate surface area is 171 Å². The Balaban J connectivity index is 1.40. The minimum absolute atomic E-state index is 0.00530. The molecule has 3 heterocycles. The Morgan fingerprint density at radius 3 is 2.86 bits per heavy atom. The first-order valence-corrected chi connectivity index (χ1v) is 10.9. The summed E-state index contributed by atoms with van der Waals surface area (Å²) in [5.41, 5.74) is 4.86. The molecule has 5 heteroatoms. The molecular formula is C24H29NO4. The summed E-state index contributed by atoms with van der Waals surface area (Å²) in [5, 5.41) is 0. The second-order valence-electron chi connectivity index (χ2n) is 8.69. The lowest BCUT2D eigenvalue weighted by Crippen LogP contribution is -2.34. The molecule has 29 heavy (non-hydrogen) atoms. The Bertz CT molecular complexity index is 940. The van der Waals surface area contributed by atoms with Crippen molar-refractivity contribution < 1.29 is 14.2 Å². The van der Waals surface area contributed by atoms with E-state index in [0.29, 0.717) is 32.2 Å². The molecule has 0 amide bonds. The maximum atomic E-state index is 12.8. The molecule has 2 aromatic rings. The molecule has 1 saturated carbocycles. The fourth-order valence-electron chi connectivity index (χ4n) is 4.53. The summed E-state index contributed by atoms with van der Waals surface area (Å²) in [6.45, 7) is 4.28. The maximum Gasteiger partial charge on any atom is 0.254 e. The first kappa shape index (κ1) is 18.9. The summed E-state index contributed by atoms with van der Waals surface area (Å²) in [6.07, 6.45) is 6.08. The Morgan fingerprint density at radius 2 is 2.07 bits per heavy atom. The van der Waals surface area contributed by atoms with Crippen molar-refractivity contribution in [1.82, 2.24) is 4.57 Å². The fourth-order valence-corrected chi connectivity index (χ4v) is 4.53. The minimum atomic E-state index is -0.0808. The van der Waals surface area contributed by atoms with E-state index in [1.54, 1.807) is 6.07 Å². The van der Waals surface area contributed by atoms with Crippen molar-refractivity contribution in [3.8, 4) is 17.0 Å². The molecule has 154 valence electrons. The predicted octanol–water partition coefficient (Wildman–Crippen LogP) is 3.77. The molecule has 3 aliphatic rings. The van der Waals surface area contributed by atoms with E-state index in [1.807, 2.05) is 10.6 Å². The van der Waals surface area contributed by atoms with Crippen LogP contribution in [0.1, 0.15) is 43.4 Å². The number of nitrogens with zero attached hydrogens (tertiary/aromatic N) is 1. The molecule has 2 aliphatic heterocycles. The molecule has 2 fully saturated rings. The zero-order chi connectivity index (χ0) is 19.8. The second-order valence-corrected chi connectivity index (χ2v) is 8.69. The summed E-state index contributed by atoms with van der Waals surface area (Å²) < 4.78 is 18.9. The van der Waals surface area contributed by atoms with Gasteiger partial charge in [-0.25, -0.2) is 0 Å². The predicted molar refractivity (Wildman–Crippen MR) is 112 cm³/mol. The van der Waals surface area contributed by atoms with Gasteiger partial charge in [0.15, 0.2) is 0 Å². The van der Waals surface area contributed by atoms with Gasteiger partial charge in [0.2, 0.25) is 0 Å². The average Bonchev–Trinajstić information content (AvgIpc) is 3.55. The van der Waals surface area contributed by atoms with Crippen molar-refractivity contribution >= 4 is 0 Å². The van der Waals surface area contributed by atoms with Gasteiger partial charge in [-0.05, 0) is 43.2 Å². The number of aryl methyl sites for hydroxylation is 1. The minimum Gasteiger partial charge on any atom is -0.491 e. The van der Waals surface area contributed by atoms with Gasteiger partial charge in [-0.1, -0.05) is 31.0 Å². The maximum absolute atomic E-state index is 12.8. The van der Waals surface area contributed by atoms with Crippen molar-refractivity contribution in [2.24, 2.45) is 5.92 Å². The highest BCUT2D eigenvalue weighted by atomic mass is 16.6. The summed E-state index contributed by atoms with van der Waals surface area (Å²) in [4.78, 5) is 12.8. The van der Waals surface area contributed by atoms with Crippen molar-refractivity contribution in [3.63, 3.8) is 0 Å². The molecular weight excluding hydrogens is 366 g/mol. The average molecular weight is 395 g/mol. The molecule has 5 rings (SSSR count). The highest BCUT2D eigenvalue weighted by Gasteiger charge is 2.25. The van der Waals surface area contributed by atoms with Gasteiger partial charge in [0, 0.05) is 23.7 Å². The smallest absolute Gasteiger partial charge is 0.254 e. The van der Waals surface area contributed by atoms with Crippen LogP contribution in [0.2, 0.25) is 0 Å². The number of aromatic nitrogens is 1. The molecule has 1 saturated heterocycles. The molecule has 1 aromatic carbocycles. The van der Waals surface area contributed by atoms with Crippen LogP contribution in [0, 0.1) is 5.92 Å². The van der Waals surface area contributed by atoms with Gasteiger partial charge in [0.1, 0.15) is 18.5 Å². The van der Waals surface area contributed by atoms with Crippen LogP contribution < -0.4 is 10.3 Å². The topological polar surface area (TPSA) is 49.7 Å². The van der Waals surface area contributed by atoms with Crippen LogP contribution in [0.15, 0.2) is 35.1 Å². The zero-order valence-corrected chi connectivity index (χ0v) is 17.1. The number of benzene rings is 1. The molecule has 0 spiro atoms. The number of hydrogen-bond donors (Lipinski definition) is 0. The van der Waals surface area contributed by atoms with Gasteiger partial charge in [-0.15, -0.1) is 0 Å². The molecule has 1 aliphatic carbocycles. The standard InChI is InChI=1S/C24H29NO4/c1-16-10-19-11-18(5-4-17-2-3-17)6-7-22(19)23-12-20(13-24(26)25(16)23)29-15-21-14-27-8-9-28-21/h6-7,11-13,16-17,21H,2-5,8-10,14-15H2,1H3/t16?,21-/m0/s1. The third-order valence-electron chi connectivity index (χ3n) is 6.30. The van der Waals surface area contributed by atoms with E-state index >= 15 is 0 Å². The summed E-state index contributed by atoms with van der Waals surface area (Å²) in [7, 11) is 0. The van der Waals surface area contributed by atoms with E-state index in [0.717, 1.165) is 30.0 Å². The quantitative estimate of drug-likeness (QED) is 0.747. The number of rotatable bonds is 6. The van der Waals surface area contributed by atoms with Gasteiger partial charge in [-0.2, -0.15) is 0 Å². The van der Waals surface area contributed by atoms with E-state index < -0.39 is 0 Å². The first-order chi connectivity index (χ1) is 14.2. The Kier molecular flexibility index (Phi) is 5.18. The molecule has 0 N–H and O–H groups in total. The molecule has 2 atom stereocenters. The van der Waals surface area contributed by atoms with Crippen LogP contribution in [0.4, 0.5) is 0 Å². The lowest BCUT2D eigenvalue weighted by molar-refractivity contribution is -0.101. The molecule has 0 bridgehead atoms. The largest absolute Gasteiger partial charge is 0.491 e. The van der Waals surface area contributed by atoms with E-state index in [9.17, 15) is 4.79 Å². The summed E-state index contributed by atoms with van der Waals surface area (Å²) >= 11 is 0. The van der Waals surface area contributed by atoms with Crippen LogP contribution in [0.5, 0.6) is 5.75 Å². The number of ether oxygens (including phenoxy) is 3. The molecule has 5 nitrogen and oxygen atoms in total. The number of hydrogen-bond acceptors (Lipinski definition) is 4. The van der Waals surface area contributed by atoms with Crippen molar-refractivity contribution in [1.29, 1.82) is 0 Å². The highest BCUT2D eigenvalue weighted by molar-refractivity contribution is 5.68.